The third kappa shape index (κ3) is 3.16. The number of rotatable bonds is 2. The summed E-state index contributed by atoms with van der Waals surface area (Å²) in [6, 6.07) is 20.5. The lowest BCUT2D eigenvalue weighted by molar-refractivity contribution is -0.117. The van der Waals surface area contributed by atoms with Crippen molar-refractivity contribution in [2.75, 3.05) is 5.01 Å². The molecule has 2 aromatic carbocycles. The Kier molecular flexibility index (Phi) is 4.47. The molecule has 0 saturated carbocycles. The molecule has 0 bridgehead atoms. The fraction of sp³-hybridized carbons (Fsp3) is 0. The van der Waals surface area contributed by atoms with Crippen LogP contribution in [0, 0.1) is 0 Å². The van der Waals surface area contributed by atoms with Crippen molar-refractivity contribution in [3.05, 3.63) is 91.0 Å². The largest absolute Gasteiger partial charge is 0.459 e. The molecule has 0 fully saturated rings. The number of hydrogen-bond acceptors (Lipinski definition) is 4. The first-order chi connectivity index (χ1) is 13.6. The summed E-state index contributed by atoms with van der Waals surface area (Å²) in [6.07, 6.45) is 2.88. The topological polar surface area (TPSA) is 84.6 Å². The van der Waals surface area contributed by atoms with Crippen molar-refractivity contribution in [3.8, 4) is 0 Å². The molecule has 0 unspecified atom stereocenters. The smallest absolute Gasteiger partial charge is 0.329 e. The van der Waals surface area contributed by atoms with Crippen LogP contribution < -0.4 is 10.4 Å². The molecule has 28 heavy (non-hydrogen) atoms. The molecule has 4 aromatic rings. The minimum absolute atomic E-state index is 0.0306. The highest BCUT2D eigenvalue weighted by atomic mass is 16.3. The highest BCUT2D eigenvalue weighted by Gasteiger charge is 2.26. The van der Waals surface area contributed by atoms with E-state index in [9.17, 15) is 14.4 Å². The van der Waals surface area contributed by atoms with Crippen LogP contribution in [0.2, 0.25) is 0 Å². The number of nitrogens with zero attached hydrogens (tertiary/aromatic N) is 2. The Morgan fingerprint density at radius 1 is 0.857 bits per heavy atom. The number of anilines is 1. The first-order valence-electron chi connectivity index (χ1n) is 8.49. The molecular formula is C21H15N3O4. The van der Waals surface area contributed by atoms with Crippen LogP contribution in [0.4, 0.5) is 5.69 Å². The SMILES string of the molecule is O=C(NN(C(=O)c1ccco1)c1ccccc1)C(=O)n1ccc2ccccc21. The van der Waals surface area contributed by atoms with Crippen molar-refractivity contribution in [3.63, 3.8) is 0 Å². The summed E-state index contributed by atoms with van der Waals surface area (Å²) in [5.41, 5.74) is 3.38. The number of furan rings is 1. The second-order valence-corrected chi connectivity index (χ2v) is 5.94. The molecular weight excluding hydrogens is 358 g/mol. The van der Waals surface area contributed by atoms with E-state index in [-0.39, 0.29) is 5.76 Å². The second kappa shape index (κ2) is 7.24. The first kappa shape index (κ1) is 17.3. The molecule has 0 spiro atoms. The Bertz CT molecular complexity index is 1150. The molecule has 0 saturated heterocycles. The third-order valence-corrected chi connectivity index (χ3v) is 4.18. The summed E-state index contributed by atoms with van der Waals surface area (Å²) in [7, 11) is 0. The van der Waals surface area contributed by atoms with E-state index in [4.69, 9.17) is 4.42 Å². The molecule has 4 rings (SSSR count). The molecule has 2 amide bonds. The van der Waals surface area contributed by atoms with Crippen LogP contribution in [0.5, 0.6) is 0 Å². The standard InChI is InChI=1S/C21H15N3O4/c25-19(21(27)23-13-12-15-7-4-5-10-17(15)23)22-24(16-8-2-1-3-9-16)20(26)18-11-6-14-28-18/h1-14H,(H,22,25). The van der Waals surface area contributed by atoms with Crippen molar-refractivity contribution < 1.29 is 18.8 Å². The van der Waals surface area contributed by atoms with Gasteiger partial charge < -0.3 is 4.42 Å². The molecule has 0 radical (unpaired) electrons. The van der Waals surface area contributed by atoms with Gasteiger partial charge in [-0.2, -0.15) is 0 Å². The van der Waals surface area contributed by atoms with Gasteiger partial charge in [-0.25, -0.2) is 5.01 Å². The number of hydrazine groups is 1. The Hall–Kier alpha value is -4.13. The fourth-order valence-electron chi connectivity index (χ4n) is 2.84. The van der Waals surface area contributed by atoms with Crippen molar-refractivity contribution in [2.24, 2.45) is 0 Å². The van der Waals surface area contributed by atoms with Gasteiger partial charge in [0, 0.05) is 11.6 Å². The summed E-state index contributed by atoms with van der Waals surface area (Å²) in [6.45, 7) is 0. The van der Waals surface area contributed by atoms with E-state index >= 15 is 0 Å². The Morgan fingerprint density at radius 2 is 1.61 bits per heavy atom. The second-order valence-electron chi connectivity index (χ2n) is 5.94. The van der Waals surface area contributed by atoms with E-state index in [1.165, 1.54) is 23.1 Å². The maximum absolute atomic E-state index is 12.8. The van der Waals surface area contributed by atoms with Gasteiger partial charge >= 0.3 is 17.7 Å². The summed E-state index contributed by atoms with van der Waals surface area (Å²) in [5.74, 6) is -2.34. The van der Waals surface area contributed by atoms with Crippen molar-refractivity contribution in [2.45, 2.75) is 0 Å². The average molecular weight is 373 g/mol. The van der Waals surface area contributed by atoms with Gasteiger partial charge in [0.15, 0.2) is 5.76 Å². The Morgan fingerprint density at radius 3 is 2.36 bits per heavy atom. The van der Waals surface area contributed by atoms with Gasteiger partial charge in [0.1, 0.15) is 0 Å². The number of amides is 2. The number of fused-ring (bicyclic) bond motifs is 1. The predicted octanol–water partition coefficient (Wildman–Crippen LogP) is 3.25. The van der Waals surface area contributed by atoms with Gasteiger partial charge in [-0.15, -0.1) is 0 Å². The molecule has 0 atom stereocenters. The zero-order valence-corrected chi connectivity index (χ0v) is 14.6. The normalized spacial score (nSPS) is 10.6. The molecule has 2 aromatic heterocycles. The zero-order chi connectivity index (χ0) is 19.5. The highest BCUT2D eigenvalue weighted by molar-refractivity contribution is 6.38. The number of carbonyl (C=O) groups excluding carboxylic acids is 3. The van der Waals surface area contributed by atoms with E-state index in [0.717, 1.165) is 10.4 Å². The minimum Gasteiger partial charge on any atom is -0.459 e. The molecule has 7 heteroatoms. The minimum atomic E-state index is -0.954. The molecule has 138 valence electrons. The van der Waals surface area contributed by atoms with Crippen LogP contribution in [0.25, 0.3) is 10.9 Å². The van der Waals surface area contributed by atoms with E-state index in [2.05, 4.69) is 5.43 Å². The quantitative estimate of drug-likeness (QED) is 0.432. The summed E-state index contributed by atoms with van der Waals surface area (Å²) >= 11 is 0. The fourth-order valence-corrected chi connectivity index (χ4v) is 2.84. The van der Waals surface area contributed by atoms with Gasteiger partial charge in [-0.3, -0.25) is 24.4 Å². The van der Waals surface area contributed by atoms with Crippen LogP contribution >= 0.6 is 0 Å². The number of benzene rings is 2. The number of carbonyl (C=O) groups is 3. The van der Waals surface area contributed by atoms with Gasteiger partial charge in [-0.05, 0) is 36.4 Å². The van der Waals surface area contributed by atoms with Crippen LogP contribution in [-0.2, 0) is 4.79 Å². The summed E-state index contributed by atoms with van der Waals surface area (Å²) in [4.78, 5) is 38.1. The lowest BCUT2D eigenvalue weighted by atomic mass is 10.2. The van der Waals surface area contributed by atoms with Gasteiger partial charge in [-0.1, -0.05) is 36.4 Å². The summed E-state index contributed by atoms with van der Waals surface area (Å²) < 4.78 is 6.38. The molecule has 0 aliphatic heterocycles. The highest BCUT2D eigenvalue weighted by Crippen LogP contribution is 2.17. The molecule has 2 heterocycles. The lowest BCUT2D eigenvalue weighted by Gasteiger charge is -2.22. The number of aromatic nitrogens is 1. The maximum Gasteiger partial charge on any atom is 0.329 e. The predicted molar refractivity (Wildman–Crippen MR) is 103 cm³/mol. The van der Waals surface area contributed by atoms with Crippen molar-refractivity contribution in [1.82, 2.24) is 9.99 Å². The first-order valence-corrected chi connectivity index (χ1v) is 8.49. The van der Waals surface area contributed by atoms with Crippen LogP contribution in [0.1, 0.15) is 15.3 Å². The van der Waals surface area contributed by atoms with Crippen LogP contribution in [-0.4, -0.2) is 22.3 Å². The number of hydrogen-bond donors (Lipinski definition) is 1. The average Bonchev–Trinajstić information content (AvgIpc) is 3.41. The van der Waals surface area contributed by atoms with Gasteiger partial charge in [0.2, 0.25) is 0 Å². The van der Waals surface area contributed by atoms with E-state index in [1.807, 2.05) is 12.1 Å². The number of para-hydroxylation sites is 2. The van der Waals surface area contributed by atoms with Crippen molar-refractivity contribution >= 4 is 34.3 Å². The van der Waals surface area contributed by atoms with Crippen LogP contribution in [0.3, 0.4) is 0 Å². The Labute approximate surface area is 159 Å². The van der Waals surface area contributed by atoms with Crippen LogP contribution in [0.15, 0.2) is 89.7 Å². The monoisotopic (exact) mass is 373 g/mol. The third-order valence-electron chi connectivity index (χ3n) is 4.18. The molecule has 7 nitrogen and oxygen atoms in total. The lowest BCUT2D eigenvalue weighted by Crippen LogP contribution is -2.50. The molecule has 0 aliphatic rings. The number of nitrogens with one attached hydrogen (secondary N) is 1. The van der Waals surface area contributed by atoms with E-state index in [1.54, 1.807) is 54.6 Å². The molecule has 1 N–H and O–H groups in total. The molecule has 0 aliphatic carbocycles. The Balaban J connectivity index is 1.64. The van der Waals surface area contributed by atoms with Crippen molar-refractivity contribution in [1.29, 1.82) is 0 Å². The summed E-state index contributed by atoms with van der Waals surface area (Å²) in [5, 5.41) is 1.82. The van der Waals surface area contributed by atoms with E-state index < -0.39 is 17.7 Å². The van der Waals surface area contributed by atoms with Gasteiger partial charge in [0.05, 0.1) is 17.5 Å². The maximum atomic E-state index is 12.8. The zero-order valence-electron chi connectivity index (χ0n) is 14.6. The van der Waals surface area contributed by atoms with Gasteiger partial charge in [0.25, 0.3) is 0 Å². The van der Waals surface area contributed by atoms with E-state index in [0.29, 0.717) is 11.2 Å².